The van der Waals surface area contributed by atoms with Crippen molar-refractivity contribution in [3.63, 3.8) is 0 Å². The second-order valence-corrected chi connectivity index (χ2v) is 13.9. The van der Waals surface area contributed by atoms with Crippen LogP contribution in [-0.4, -0.2) is 79.3 Å². The number of carbonyl (C=O) groups is 6. The Labute approximate surface area is 322 Å². The van der Waals surface area contributed by atoms with E-state index in [2.05, 4.69) is 26.6 Å². The number of methoxy groups -OCH3 is 1. The van der Waals surface area contributed by atoms with E-state index in [1.54, 1.807) is 45.0 Å². The van der Waals surface area contributed by atoms with Crippen LogP contribution in [0.5, 0.6) is 0 Å². The van der Waals surface area contributed by atoms with Crippen molar-refractivity contribution >= 4 is 35.9 Å². The SMILES string of the molecule is COC(=O)[C@H](Cc1ccccc1)NC(=O)[C@H](Cc1ccccc1)NC(=O)[C@@H](C)NC(=O)[C@@H](CCCCNC(=O)OCc1ccccc1)NC(=O)OC(C)(C)C. The summed E-state index contributed by atoms with van der Waals surface area (Å²) < 4.78 is 15.5. The van der Waals surface area contributed by atoms with E-state index in [-0.39, 0.29) is 32.4 Å². The Hall–Kier alpha value is -5.92. The third kappa shape index (κ3) is 16.7. The zero-order valence-electron chi connectivity index (χ0n) is 32.1. The van der Waals surface area contributed by atoms with E-state index in [0.717, 1.165) is 16.7 Å². The Bertz CT molecular complexity index is 1680. The minimum absolute atomic E-state index is 0.0922. The summed E-state index contributed by atoms with van der Waals surface area (Å²) in [5.41, 5.74) is 1.57. The lowest BCUT2D eigenvalue weighted by molar-refractivity contribution is -0.145. The van der Waals surface area contributed by atoms with Crippen LogP contribution in [-0.2, 0) is 52.8 Å². The van der Waals surface area contributed by atoms with Crippen LogP contribution in [0.15, 0.2) is 91.0 Å². The number of esters is 1. The zero-order valence-corrected chi connectivity index (χ0v) is 32.1. The second kappa shape index (κ2) is 22.3. The van der Waals surface area contributed by atoms with Crippen molar-refractivity contribution in [3.8, 4) is 0 Å². The summed E-state index contributed by atoms with van der Waals surface area (Å²) in [5.74, 6) is -2.59. The number of nitrogens with one attached hydrogen (secondary N) is 5. The number of alkyl carbamates (subject to hydrolysis) is 2. The molecule has 3 aromatic carbocycles. The van der Waals surface area contributed by atoms with Crippen LogP contribution in [0, 0.1) is 0 Å². The summed E-state index contributed by atoms with van der Waals surface area (Å²) in [6.07, 6.45) is -0.105. The molecule has 0 unspecified atom stereocenters. The molecule has 14 heteroatoms. The predicted molar refractivity (Wildman–Crippen MR) is 205 cm³/mol. The second-order valence-electron chi connectivity index (χ2n) is 13.9. The summed E-state index contributed by atoms with van der Waals surface area (Å²) in [6.45, 7) is 6.91. The van der Waals surface area contributed by atoms with Crippen LogP contribution in [0.2, 0.25) is 0 Å². The van der Waals surface area contributed by atoms with Gasteiger partial charge in [-0.15, -0.1) is 0 Å². The Kier molecular flexibility index (Phi) is 17.7. The van der Waals surface area contributed by atoms with Gasteiger partial charge in [-0.2, -0.15) is 0 Å². The maximum Gasteiger partial charge on any atom is 0.408 e. The first-order chi connectivity index (χ1) is 26.2. The first kappa shape index (κ1) is 43.5. The molecule has 55 heavy (non-hydrogen) atoms. The van der Waals surface area contributed by atoms with Crippen molar-refractivity contribution in [2.24, 2.45) is 0 Å². The number of rotatable bonds is 19. The fraction of sp³-hybridized carbons (Fsp3) is 0.415. The average Bonchev–Trinajstić information content (AvgIpc) is 3.16. The highest BCUT2D eigenvalue weighted by Gasteiger charge is 2.31. The molecular formula is C41H53N5O9. The first-order valence-electron chi connectivity index (χ1n) is 18.2. The standard InChI is InChI=1S/C41H53N5O9/c1-28(35(47)44-33(25-29-17-9-6-10-18-29)37(49)45-34(38(50)53-5)26-30-19-11-7-12-20-30)43-36(48)32(46-40(52)55-41(2,3)4)23-15-16-24-42-39(51)54-27-31-21-13-8-14-22-31/h6-14,17-22,28,32-34H,15-16,23-27H2,1-5H3,(H,42,51)(H,43,48)(H,44,47)(H,45,49)(H,46,52)/t28-,32-,33+,34+/m1/s1. The Morgan fingerprint density at radius 2 is 1.11 bits per heavy atom. The first-order valence-corrected chi connectivity index (χ1v) is 18.2. The van der Waals surface area contributed by atoms with Gasteiger partial charge >= 0.3 is 18.2 Å². The van der Waals surface area contributed by atoms with Crippen molar-refractivity contribution in [3.05, 3.63) is 108 Å². The largest absolute Gasteiger partial charge is 0.467 e. The number of hydrogen-bond acceptors (Lipinski definition) is 9. The van der Waals surface area contributed by atoms with Crippen LogP contribution >= 0.6 is 0 Å². The topological polar surface area (TPSA) is 190 Å². The molecular weight excluding hydrogens is 706 g/mol. The minimum atomic E-state index is -1.14. The maximum atomic E-state index is 13.7. The number of benzene rings is 3. The highest BCUT2D eigenvalue weighted by Crippen LogP contribution is 2.11. The van der Waals surface area contributed by atoms with Crippen LogP contribution in [0.25, 0.3) is 0 Å². The van der Waals surface area contributed by atoms with E-state index in [1.807, 2.05) is 66.7 Å². The van der Waals surface area contributed by atoms with Crippen LogP contribution in [0.3, 0.4) is 0 Å². The monoisotopic (exact) mass is 759 g/mol. The van der Waals surface area contributed by atoms with E-state index < -0.39 is 65.6 Å². The van der Waals surface area contributed by atoms with Crippen molar-refractivity contribution in [2.45, 2.75) is 96.2 Å². The summed E-state index contributed by atoms with van der Waals surface area (Å²) >= 11 is 0. The van der Waals surface area contributed by atoms with Crippen molar-refractivity contribution in [1.29, 1.82) is 0 Å². The van der Waals surface area contributed by atoms with Crippen LogP contribution < -0.4 is 26.6 Å². The molecule has 3 rings (SSSR count). The molecule has 0 saturated carbocycles. The summed E-state index contributed by atoms with van der Waals surface area (Å²) in [6, 6.07) is 23.0. The molecule has 0 radical (unpaired) electrons. The van der Waals surface area contributed by atoms with Crippen LogP contribution in [0.4, 0.5) is 9.59 Å². The van der Waals surface area contributed by atoms with E-state index in [4.69, 9.17) is 14.2 Å². The smallest absolute Gasteiger partial charge is 0.408 e. The predicted octanol–water partition coefficient (Wildman–Crippen LogP) is 4.11. The van der Waals surface area contributed by atoms with E-state index in [9.17, 15) is 28.8 Å². The Balaban J connectivity index is 1.64. The fourth-order valence-corrected chi connectivity index (χ4v) is 5.35. The molecule has 296 valence electrons. The number of hydrogen-bond donors (Lipinski definition) is 5. The summed E-state index contributed by atoms with van der Waals surface area (Å²) in [4.78, 5) is 78.2. The molecule has 0 fully saturated rings. The summed E-state index contributed by atoms with van der Waals surface area (Å²) in [7, 11) is 1.23. The number of ether oxygens (including phenoxy) is 3. The zero-order chi connectivity index (χ0) is 40.2. The van der Waals surface area contributed by atoms with Gasteiger partial charge in [0.1, 0.15) is 36.4 Å². The van der Waals surface area contributed by atoms with Gasteiger partial charge in [-0.25, -0.2) is 14.4 Å². The molecule has 3 aromatic rings. The van der Waals surface area contributed by atoms with Gasteiger partial charge in [0.05, 0.1) is 7.11 Å². The van der Waals surface area contributed by atoms with E-state index in [0.29, 0.717) is 12.8 Å². The molecule has 0 aliphatic carbocycles. The molecule has 0 saturated heterocycles. The lowest BCUT2D eigenvalue weighted by atomic mass is 10.0. The van der Waals surface area contributed by atoms with Gasteiger partial charge in [0.2, 0.25) is 17.7 Å². The Morgan fingerprint density at radius 3 is 1.65 bits per heavy atom. The lowest BCUT2D eigenvalue weighted by Crippen LogP contribution is -2.57. The molecule has 14 nitrogen and oxygen atoms in total. The van der Waals surface area contributed by atoms with Gasteiger partial charge in [0.15, 0.2) is 0 Å². The van der Waals surface area contributed by atoms with Crippen molar-refractivity contribution in [1.82, 2.24) is 26.6 Å². The molecule has 4 atom stereocenters. The fourth-order valence-electron chi connectivity index (χ4n) is 5.35. The third-order valence-electron chi connectivity index (χ3n) is 8.16. The summed E-state index contributed by atoms with van der Waals surface area (Å²) in [5, 5.41) is 13.3. The normalized spacial score (nSPS) is 13.1. The molecule has 5 N–H and O–H groups in total. The number of carbonyl (C=O) groups excluding carboxylic acids is 6. The highest BCUT2D eigenvalue weighted by atomic mass is 16.6. The highest BCUT2D eigenvalue weighted by molar-refractivity contribution is 5.94. The molecule has 5 amide bonds. The van der Waals surface area contributed by atoms with Crippen molar-refractivity contribution < 1.29 is 43.0 Å². The number of amides is 5. The van der Waals surface area contributed by atoms with E-state index in [1.165, 1.54) is 14.0 Å². The average molecular weight is 760 g/mol. The lowest BCUT2D eigenvalue weighted by Gasteiger charge is -2.26. The molecule has 0 bridgehead atoms. The van der Waals surface area contributed by atoms with E-state index >= 15 is 0 Å². The van der Waals surface area contributed by atoms with Crippen LogP contribution in [0.1, 0.15) is 63.6 Å². The van der Waals surface area contributed by atoms with Crippen molar-refractivity contribution in [2.75, 3.05) is 13.7 Å². The molecule has 0 heterocycles. The van der Waals surface area contributed by atoms with Gasteiger partial charge in [-0.05, 0) is 63.6 Å². The number of unbranched alkanes of at least 4 members (excludes halogenated alkanes) is 1. The van der Waals surface area contributed by atoms with Gasteiger partial charge < -0.3 is 40.8 Å². The quantitative estimate of drug-likeness (QED) is 0.0681. The van der Waals surface area contributed by atoms with Gasteiger partial charge in [0, 0.05) is 19.4 Å². The molecule has 0 aliphatic heterocycles. The molecule has 0 aromatic heterocycles. The molecule has 0 aliphatic rings. The third-order valence-corrected chi connectivity index (χ3v) is 8.16. The molecule has 0 spiro atoms. The van der Waals surface area contributed by atoms with Gasteiger partial charge in [-0.1, -0.05) is 91.0 Å². The Morgan fingerprint density at radius 1 is 0.600 bits per heavy atom. The minimum Gasteiger partial charge on any atom is -0.467 e. The van der Waals surface area contributed by atoms with Gasteiger partial charge in [0.25, 0.3) is 0 Å². The van der Waals surface area contributed by atoms with Gasteiger partial charge in [-0.3, -0.25) is 14.4 Å². The maximum absolute atomic E-state index is 13.7.